The molecule has 0 N–H and O–H groups in total. The molecule has 0 spiro atoms. The summed E-state index contributed by atoms with van der Waals surface area (Å²) in [7, 11) is 0. The molecule has 0 fully saturated rings. The maximum atomic E-state index is 8.58. The van der Waals surface area contributed by atoms with Crippen LogP contribution in [0.1, 0.15) is 0 Å². The fraction of sp³-hybridized carbons (Fsp3) is 0. The van der Waals surface area contributed by atoms with Crippen molar-refractivity contribution in [2.45, 2.75) is 0 Å². The van der Waals surface area contributed by atoms with Crippen molar-refractivity contribution in [2.24, 2.45) is 0 Å². The summed E-state index contributed by atoms with van der Waals surface area (Å²) in [5.74, 6) is 0. The Kier molecular flexibility index (Phi) is 71.8. The van der Waals surface area contributed by atoms with Gasteiger partial charge in [0.05, 0.1) is 0 Å². The Labute approximate surface area is 174 Å². The molecular formula is CaO14UV4. The zero-order valence-corrected chi connectivity index (χ0v) is 20.7. The Morgan fingerprint density at radius 2 is 0.500 bits per heavy atom. The first-order valence-electron chi connectivity index (χ1n) is 2.60. The van der Waals surface area contributed by atoms with Crippen LogP contribution >= 0.6 is 0 Å². The van der Waals surface area contributed by atoms with Crippen molar-refractivity contribution in [1.82, 2.24) is 0 Å². The van der Waals surface area contributed by atoms with Crippen molar-refractivity contribution in [3.8, 4) is 0 Å². The van der Waals surface area contributed by atoms with Gasteiger partial charge in [-0.15, -0.1) is 0 Å². The third-order valence-electron chi connectivity index (χ3n) is 0. The fourth-order valence-electron chi connectivity index (χ4n) is 0. The van der Waals surface area contributed by atoms with Gasteiger partial charge in [0.2, 0.25) is 0 Å². The predicted molar refractivity (Wildman–Crippen MR) is 12.6 cm³/mol. The molecule has 14 nitrogen and oxygen atoms in total. The molecule has 0 amide bonds. The van der Waals surface area contributed by atoms with Crippen LogP contribution in [0.3, 0.4) is 0 Å². The average Bonchev–Trinajstić information content (AvgIpc) is 1.97. The molecule has 0 unspecified atom stereocenters. The SMILES string of the molecule is [Ca+2].[O]=[U+2]=[O].[O]=[V](=[O])[O-].[O]=[V](=[O])[O-].[O]=[V](=[O])[O-].[O]=[V](=[O])[O-]. The molecule has 20 heteroatoms. The van der Waals surface area contributed by atoms with Crippen LogP contribution in [-0.2, 0) is 95.5 Å². The van der Waals surface area contributed by atoms with Crippen molar-refractivity contribution in [3.05, 3.63) is 0 Å². The van der Waals surface area contributed by atoms with Gasteiger partial charge in [0, 0.05) is 0 Å². The van der Waals surface area contributed by atoms with E-state index >= 15 is 0 Å². The standard InChI is InChI=1S/Ca.14O.U.4V/q+2;;;;;;;;;;;4*-1;+2;;;;. The average molecular weight is 706 g/mol. The van der Waals surface area contributed by atoms with Crippen LogP contribution in [0.2, 0.25) is 0 Å². The number of hydrogen-bond donors (Lipinski definition) is 0. The molecule has 0 aliphatic heterocycles. The Hall–Kier alpha value is 2.49. The molecule has 0 aliphatic carbocycles. The van der Waals surface area contributed by atoms with Crippen molar-refractivity contribution in [2.75, 3.05) is 0 Å². The van der Waals surface area contributed by atoms with E-state index in [2.05, 4.69) is 0 Å². The van der Waals surface area contributed by atoms with E-state index in [4.69, 9.17) is 50.0 Å². The van der Waals surface area contributed by atoms with E-state index in [1.165, 1.54) is 0 Å². The molecule has 0 atom stereocenters. The van der Waals surface area contributed by atoms with Gasteiger partial charge in [0.25, 0.3) is 0 Å². The Morgan fingerprint density at radius 3 is 0.500 bits per heavy atom. The summed E-state index contributed by atoms with van der Waals surface area (Å²) in [4.78, 5) is 0. The predicted octanol–water partition coefficient (Wildman–Crippen LogP) is -6.33. The molecule has 0 rings (SSSR count). The zero-order chi connectivity index (χ0) is 17.0. The third kappa shape index (κ3) is 1260. The summed E-state index contributed by atoms with van der Waals surface area (Å²) in [5, 5.41) is 0. The third-order valence-corrected chi connectivity index (χ3v) is 0. The summed E-state index contributed by atoms with van der Waals surface area (Å²) in [6, 6.07) is 0. The molecule has 0 aromatic rings. The second kappa shape index (κ2) is 37.6. The Balaban J connectivity index is -0.0000000304. The molecule has 0 radical (unpaired) electrons. The summed E-state index contributed by atoms with van der Waals surface area (Å²) in [6.45, 7) is 0. The summed E-state index contributed by atoms with van der Waals surface area (Å²) in [6.07, 6.45) is 0. The normalized spacial score (nSPS) is 5.40. The van der Waals surface area contributed by atoms with Gasteiger partial charge in [-0.3, -0.25) is 0 Å². The molecule has 110 valence electrons. The second-order valence-electron chi connectivity index (χ2n) is 0.978. The fourth-order valence-corrected chi connectivity index (χ4v) is 0. The minimum absolute atomic E-state index is 0. The minimum atomic E-state index is -3.94. The van der Waals surface area contributed by atoms with E-state index in [1.54, 1.807) is 0 Å². The number of rotatable bonds is 0. The molecule has 0 aromatic heterocycles. The molecular weight excluding hydrogens is 706 g/mol. The van der Waals surface area contributed by atoms with Crippen LogP contribution in [-0.4, -0.2) is 37.7 Å². The van der Waals surface area contributed by atoms with E-state index < -0.39 is 89.4 Å². The van der Waals surface area contributed by atoms with Crippen molar-refractivity contribution in [1.29, 1.82) is 0 Å². The second-order valence-corrected chi connectivity index (χ2v) is 4.47. The van der Waals surface area contributed by atoms with Crippen LogP contribution in [0.15, 0.2) is 0 Å². The quantitative estimate of drug-likeness (QED) is 0.212. The van der Waals surface area contributed by atoms with Crippen LogP contribution < -0.4 is 16.1 Å². The molecule has 0 heterocycles. The number of hydrogen-bond acceptors (Lipinski definition) is 14. The first-order chi connectivity index (χ1) is 8.34. The van der Waals surface area contributed by atoms with Gasteiger partial charge in [-0.05, 0) is 0 Å². The van der Waals surface area contributed by atoms with Crippen LogP contribution in [0.4, 0.5) is 0 Å². The van der Waals surface area contributed by atoms with Crippen molar-refractivity contribution < 1.29 is 139 Å². The molecule has 0 saturated heterocycles. The van der Waals surface area contributed by atoms with Crippen LogP contribution in [0.5, 0.6) is 0 Å². The van der Waals surface area contributed by atoms with Crippen LogP contribution in [0.25, 0.3) is 0 Å². The zero-order valence-electron chi connectivity index (χ0n) is 8.71. The van der Waals surface area contributed by atoms with E-state index in [1.807, 2.05) is 0 Å². The van der Waals surface area contributed by atoms with Gasteiger partial charge in [0.1, 0.15) is 0 Å². The van der Waals surface area contributed by atoms with Gasteiger partial charge in [-0.1, -0.05) is 0 Å². The summed E-state index contributed by atoms with van der Waals surface area (Å²) < 4.78 is 120. The van der Waals surface area contributed by atoms with Crippen LogP contribution in [0, 0.1) is 27.8 Å². The summed E-state index contributed by atoms with van der Waals surface area (Å²) >= 11 is -18.3. The van der Waals surface area contributed by atoms with Crippen molar-refractivity contribution >= 4 is 37.7 Å². The Morgan fingerprint density at radius 1 is 0.500 bits per heavy atom. The van der Waals surface area contributed by atoms with E-state index in [-0.39, 0.29) is 37.7 Å². The Bertz CT molecular complexity index is 371. The molecule has 0 aliphatic rings. The first-order valence-corrected chi connectivity index (χ1v) is 12.8. The molecule has 0 aromatic carbocycles. The monoisotopic (exact) mass is 706 g/mol. The summed E-state index contributed by atoms with van der Waals surface area (Å²) in [5.41, 5.74) is 0. The topological polar surface area (TPSA) is 263 Å². The van der Waals surface area contributed by atoms with E-state index in [9.17, 15) is 0 Å². The van der Waals surface area contributed by atoms with Crippen molar-refractivity contribution in [3.63, 3.8) is 0 Å². The molecule has 0 bridgehead atoms. The van der Waals surface area contributed by atoms with Gasteiger partial charge >= 0.3 is 177 Å². The molecule has 20 heavy (non-hydrogen) atoms. The first kappa shape index (κ1) is 38.2. The van der Waals surface area contributed by atoms with Gasteiger partial charge in [0.15, 0.2) is 0 Å². The van der Waals surface area contributed by atoms with Gasteiger partial charge in [-0.25, -0.2) is 0 Å². The van der Waals surface area contributed by atoms with Gasteiger partial charge < -0.3 is 0 Å². The van der Waals surface area contributed by atoms with E-state index in [0.717, 1.165) is 0 Å². The van der Waals surface area contributed by atoms with Gasteiger partial charge in [-0.2, -0.15) is 0 Å². The molecule has 0 saturated carbocycles. The van der Waals surface area contributed by atoms with E-state index in [0.29, 0.717) is 0 Å². The maximum absolute atomic E-state index is 8.58.